The van der Waals surface area contributed by atoms with Crippen molar-refractivity contribution in [3.63, 3.8) is 0 Å². The van der Waals surface area contributed by atoms with Crippen LogP contribution in [0.1, 0.15) is 33.6 Å². The van der Waals surface area contributed by atoms with Crippen molar-refractivity contribution in [2.75, 3.05) is 13.1 Å². The molecule has 112 valence electrons. The Morgan fingerprint density at radius 3 is 2.80 bits per heavy atom. The highest BCUT2D eigenvalue weighted by molar-refractivity contribution is 5.79. The van der Waals surface area contributed by atoms with Gasteiger partial charge in [0.05, 0.1) is 0 Å². The number of alkyl carbamates (subject to hydrolysis) is 1. The second kappa shape index (κ2) is 7.52. The van der Waals surface area contributed by atoms with Gasteiger partial charge in [0.25, 0.3) is 0 Å². The number of hydrogen-bond donors (Lipinski definition) is 2. The van der Waals surface area contributed by atoms with E-state index in [4.69, 9.17) is 10.5 Å². The molecule has 0 aliphatic rings. The molecule has 0 fully saturated rings. The summed E-state index contributed by atoms with van der Waals surface area (Å²) in [6.07, 6.45) is 4.64. The maximum Gasteiger partial charge on any atom is 0.407 e. The highest BCUT2D eigenvalue weighted by Crippen LogP contribution is 2.06. The molecule has 0 unspecified atom stereocenters. The molecule has 3 N–H and O–H groups in total. The number of ether oxygens (including phenoxy) is 1. The van der Waals surface area contributed by atoms with E-state index in [-0.39, 0.29) is 0 Å². The normalized spacial score (nSPS) is 12.2. The fraction of sp³-hybridized carbons (Fsp3) is 0.615. The van der Waals surface area contributed by atoms with E-state index >= 15 is 0 Å². The Labute approximate surface area is 119 Å². The fourth-order valence-corrected chi connectivity index (χ4v) is 1.41. The summed E-state index contributed by atoms with van der Waals surface area (Å²) >= 11 is 0. The second-order valence-electron chi connectivity index (χ2n) is 5.33. The first-order chi connectivity index (χ1) is 9.38. The number of nitrogens with zero attached hydrogens (tertiary/aromatic N) is 3. The Bertz CT molecular complexity index is 434. The molecule has 0 saturated heterocycles. The van der Waals surface area contributed by atoms with Gasteiger partial charge in [-0.25, -0.2) is 9.48 Å². The Morgan fingerprint density at radius 2 is 2.20 bits per heavy atom. The van der Waals surface area contributed by atoms with E-state index in [1.807, 2.05) is 20.8 Å². The average molecular weight is 281 g/mol. The Kier molecular flexibility index (Phi) is 6.02. The highest BCUT2D eigenvalue weighted by atomic mass is 16.6. The van der Waals surface area contributed by atoms with Crippen molar-refractivity contribution in [3.05, 3.63) is 18.5 Å². The third-order valence-electron chi connectivity index (χ3n) is 2.27. The van der Waals surface area contributed by atoms with E-state index in [1.54, 1.807) is 18.5 Å². The zero-order valence-electron chi connectivity index (χ0n) is 12.3. The van der Waals surface area contributed by atoms with Crippen LogP contribution in [0.5, 0.6) is 0 Å². The average Bonchev–Trinajstić information content (AvgIpc) is 2.84. The van der Waals surface area contributed by atoms with E-state index in [0.717, 1.165) is 12.8 Å². The van der Waals surface area contributed by atoms with E-state index in [2.05, 4.69) is 15.4 Å². The standard InChI is InChI=1S/C13H23N5O2/c1-13(2,3)20-12(19)16-8-5-4-7-15-11(14)18-10-6-9-17-18/h6,9-10H,4-5,7-8H2,1-3H3,(H2,14,15)(H,16,19). The Hall–Kier alpha value is -2.05. The molecule has 0 bridgehead atoms. The van der Waals surface area contributed by atoms with Crippen LogP contribution in [0.25, 0.3) is 0 Å². The molecule has 7 nitrogen and oxygen atoms in total. The van der Waals surface area contributed by atoms with Gasteiger partial charge in [-0.05, 0) is 39.7 Å². The predicted molar refractivity (Wildman–Crippen MR) is 77.6 cm³/mol. The van der Waals surface area contributed by atoms with Gasteiger partial charge in [0, 0.05) is 25.5 Å². The van der Waals surface area contributed by atoms with Gasteiger partial charge >= 0.3 is 6.09 Å². The summed E-state index contributed by atoms with van der Waals surface area (Å²) in [5, 5.41) is 6.67. The van der Waals surface area contributed by atoms with Crippen molar-refractivity contribution in [3.8, 4) is 0 Å². The number of nitrogens with two attached hydrogens (primary N) is 1. The summed E-state index contributed by atoms with van der Waals surface area (Å²) in [6, 6.07) is 1.78. The lowest BCUT2D eigenvalue weighted by Gasteiger charge is -2.19. The predicted octanol–water partition coefficient (Wildman–Crippen LogP) is 1.35. The summed E-state index contributed by atoms with van der Waals surface area (Å²) in [4.78, 5) is 15.6. The van der Waals surface area contributed by atoms with Crippen molar-refractivity contribution in [2.24, 2.45) is 10.7 Å². The third-order valence-corrected chi connectivity index (χ3v) is 2.27. The minimum Gasteiger partial charge on any atom is -0.444 e. The zero-order valence-corrected chi connectivity index (χ0v) is 12.3. The molecule has 0 aliphatic carbocycles. The van der Waals surface area contributed by atoms with Crippen LogP contribution in [0.2, 0.25) is 0 Å². The van der Waals surface area contributed by atoms with Gasteiger partial charge in [0.1, 0.15) is 5.60 Å². The van der Waals surface area contributed by atoms with Crippen molar-refractivity contribution in [1.82, 2.24) is 15.1 Å². The number of unbranched alkanes of at least 4 members (excludes halogenated alkanes) is 1. The van der Waals surface area contributed by atoms with Gasteiger partial charge in [-0.2, -0.15) is 5.10 Å². The summed E-state index contributed by atoms with van der Waals surface area (Å²) < 4.78 is 6.64. The first-order valence-electron chi connectivity index (χ1n) is 6.65. The van der Waals surface area contributed by atoms with Crippen molar-refractivity contribution in [1.29, 1.82) is 0 Å². The molecule has 0 atom stereocenters. The highest BCUT2D eigenvalue weighted by Gasteiger charge is 2.15. The van der Waals surface area contributed by atoms with Gasteiger partial charge in [0.2, 0.25) is 5.96 Å². The van der Waals surface area contributed by atoms with Crippen LogP contribution in [-0.4, -0.2) is 40.5 Å². The Morgan fingerprint density at radius 1 is 1.45 bits per heavy atom. The van der Waals surface area contributed by atoms with E-state index in [1.165, 1.54) is 4.68 Å². The lowest BCUT2D eigenvalue weighted by atomic mass is 10.2. The number of aliphatic imine (C=N–C) groups is 1. The minimum atomic E-state index is -0.466. The maximum atomic E-state index is 11.4. The molecule has 1 aromatic rings. The molecular weight excluding hydrogens is 258 g/mol. The molecule has 1 aromatic heterocycles. The lowest BCUT2D eigenvalue weighted by Crippen LogP contribution is -2.33. The number of rotatable bonds is 5. The molecular formula is C13H23N5O2. The van der Waals surface area contributed by atoms with Crippen molar-refractivity contribution in [2.45, 2.75) is 39.2 Å². The van der Waals surface area contributed by atoms with Gasteiger partial charge in [-0.3, -0.25) is 4.99 Å². The largest absolute Gasteiger partial charge is 0.444 e. The van der Waals surface area contributed by atoms with Crippen LogP contribution >= 0.6 is 0 Å². The van der Waals surface area contributed by atoms with Crippen molar-refractivity contribution >= 4 is 12.1 Å². The number of carbonyl (C=O) groups is 1. The van der Waals surface area contributed by atoms with Gasteiger partial charge < -0.3 is 15.8 Å². The summed E-state index contributed by atoms with van der Waals surface area (Å²) in [6.45, 7) is 6.66. The summed E-state index contributed by atoms with van der Waals surface area (Å²) in [7, 11) is 0. The minimum absolute atomic E-state index is 0.370. The van der Waals surface area contributed by atoms with Crippen LogP contribution in [0.15, 0.2) is 23.5 Å². The van der Waals surface area contributed by atoms with Crippen LogP contribution in [0, 0.1) is 0 Å². The molecule has 7 heteroatoms. The molecule has 0 aromatic carbocycles. The SMILES string of the molecule is CC(C)(C)OC(=O)NCCCCN=C(N)n1cccn1. The van der Waals surface area contributed by atoms with Crippen LogP contribution < -0.4 is 11.1 Å². The molecule has 1 rings (SSSR count). The summed E-state index contributed by atoms with van der Waals surface area (Å²) in [5.41, 5.74) is 5.27. The fourth-order valence-electron chi connectivity index (χ4n) is 1.41. The molecule has 1 heterocycles. The number of carbonyl (C=O) groups excluding carboxylic acids is 1. The molecule has 0 spiro atoms. The number of hydrogen-bond acceptors (Lipinski definition) is 4. The third kappa shape index (κ3) is 6.77. The van der Waals surface area contributed by atoms with Crippen LogP contribution in [0.3, 0.4) is 0 Å². The smallest absolute Gasteiger partial charge is 0.407 e. The van der Waals surface area contributed by atoms with Gasteiger partial charge in [-0.15, -0.1) is 0 Å². The Balaban J connectivity index is 2.11. The van der Waals surface area contributed by atoms with E-state index in [9.17, 15) is 4.79 Å². The van der Waals surface area contributed by atoms with E-state index < -0.39 is 11.7 Å². The number of amides is 1. The quantitative estimate of drug-likeness (QED) is 0.484. The number of aromatic nitrogens is 2. The summed E-state index contributed by atoms with van der Waals surface area (Å²) in [5.74, 6) is 0.370. The molecule has 0 aliphatic heterocycles. The maximum absolute atomic E-state index is 11.4. The second-order valence-corrected chi connectivity index (χ2v) is 5.33. The van der Waals surface area contributed by atoms with Crippen LogP contribution in [0.4, 0.5) is 4.79 Å². The molecule has 1 amide bonds. The van der Waals surface area contributed by atoms with Gasteiger partial charge in [0.15, 0.2) is 0 Å². The number of nitrogens with one attached hydrogen (secondary N) is 1. The molecule has 20 heavy (non-hydrogen) atoms. The molecule has 0 saturated carbocycles. The lowest BCUT2D eigenvalue weighted by molar-refractivity contribution is 0.0527. The van der Waals surface area contributed by atoms with E-state index in [0.29, 0.717) is 19.0 Å². The van der Waals surface area contributed by atoms with Crippen molar-refractivity contribution < 1.29 is 9.53 Å². The first kappa shape index (κ1) is 16.0. The molecule has 0 radical (unpaired) electrons. The van der Waals surface area contributed by atoms with Crippen LogP contribution in [-0.2, 0) is 4.74 Å². The topological polar surface area (TPSA) is 94.5 Å². The monoisotopic (exact) mass is 281 g/mol. The first-order valence-corrected chi connectivity index (χ1v) is 6.65. The van der Waals surface area contributed by atoms with Gasteiger partial charge in [-0.1, -0.05) is 0 Å². The zero-order chi connectivity index (χ0) is 15.0.